The third kappa shape index (κ3) is 4.33. The van der Waals surface area contributed by atoms with Crippen LogP contribution in [0.1, 0.15) is 45.9 Å². The van der Waals surface area contributed by atoms with Gasteiger partial charge in [0, 0.05) is 19.3 Å². The topological polar surface area (TPSA) is 39.1 Å². The molecule has 4 nitrogen and oxygen atoms in total. The first-order chi connectivity index (χ1) is 8.43. The van der Waals surface area contributed by atoms with Gasteiger partial charge in [-0.05, 0) is 33.1 Å². The minimum absolute atomic E-state index is 0.296. The summed E-state index contributed by atoms with van der Waals surface area (Å²) in [4.78, 5) is 4.56. The Bertz CT molecular complexity index is 360. The summed E-state index contributed by atoms with van der Waals surface area (Å²) in [5.74, 6) is 1.64. The molecule has 0 bridgehead atoms. The Labute approximate surface area is 111 Å². The molecule has 4 heteroatoms. The molecule has 1 rings (SSSR count). The van der Waals surface area contributed by atoms with Crippen LogP contribution in [0.25, 0.3) is 0 Å². The number of nitrogens with one attached hydrogen (secondary N) is 1. The van der Waals surface area contributed by atoms with E-state index in [0.717, 1.165) is 18.1 Å². The van der Waals surface area contributed by atoms with E-state index in [4.69, 9.17) is 4.74 Å². The van der Waals surface area contributed by atoms with Crippen molar-refractivity contribution in [3.63, 3.8) is 0 Å². The number of nitrogens with zero attached hydrogens (tertiary/aromatic N) is 2. The Morgan fingerprint density at radius 3 is 2.56 bits per heavy atom. The van der Waals surface area contributed by atoms with E-state index in [9.17, 15) is 0 Å². The van der Waals surface area contributed by atoms with Gasteiger partial charge in [-0.1, -0.05) is 13.8 Å². The molecular formula is C14H27N3O. The van der Waals surface area contributed by atoms with Crippen molar-refractivity contribution >= 4 is 5.95 Å². The number of hydrogen-bond acceptors (Lipinski definition) is 3. The Balaban J connectivity index is 2.75. The molecule has 104 valence electrons. The van der Waals surface area contributed by atoms with Gasteiger partial charge in [-0.2, -0.15) is 0 Å². The van der Waals surface area contributed by atoms with Crippen LogP contribution in [0.15, 0.2) is 6.20 Å². The molecule has 0 spiro atoms. The van der Waals surface area contributed by atoms with Crippen molar-refractivity contribution in [3.05, 3.63) is 11.9 Å². The second-order valence-electron chi connectivity index (χ2n) is 5.59. The fraction of sp³-hybridized carbons (Fsp3) is 0.786. The van der Waals surface area contributed by atoms with Crippen LogP contribution in [0.2, 0.25) is 0 Å². The van der Waals surface area contributed by atoms with Gasteiger partial charge in [-0.25, -0.2) is 4.98 Å². The zero-order valence-corrected chi connectivity index (χ0v) is 12.5. The van der Waals surface area contributed by atoms with E-state index < -0.39 is 0 Å². The summed E-state index contributed by atoms with van der Waals surface area (Å²) in [7, 11) is 1.73. The number of aryl methyl sites for hydroxylation is 1. The predicted octanol–water partition coefficient (Wildman–Crippen LogP) is 3.25. The standard InChI is InChI=1S/C14H27N3O/c1-10(2)7-11(3)15-14-16-12(4)8-17(14)13(5)9-18-6/h8,10-11,13H,7,9H2,1-6H3,(H,15,16). The van der Waals surface area contributed by atoms with Gasteiger partial charge in [0.2, 0.25) is 5.95 Å². The Morgan fingerprint density at radius 2 is 2.00 bits per heavy atom. The average molecular weight is 253 g/mol. The first-order valence-electron chi connectivity index (χ1n) is 6.75. The van der Waals surface area contributed by atoms with Gasteiger partial charge in [-0.15, -0.1) is 0 Å². The molecule has 0 radical (unpaired) electrons. The molecule has 1 heterocycles. The molecule has 0 aromatic carbocycles. The van der Waals surface area contributed by atoms with E-state index >= 15 is 0 Å². The summed E-state index contributed by atoms with van der Waals surface area (Å²) in [5.41, 5.74) is 1.04. The molecule has 0 fully saturated rings. The molecule has 0 aliphatic heterocycles. The quantitative estimate of drug-likeness (QED) is 0.810. The summed E-state index contributed by atoms with van der Waals surface area (Å²) < 4.78 is 7.38. The zero-order valence-electron chi connectivity index (χ0n) is 12.5. The van der Waals surface area contributed by atoms with Gasteiger partial charge in [-0.3, -0.25) is 0 Å². The molecule has 1 aromatic rings. The lowest BCUT2D eigenvalue weighted by Crippen LogP contribution is -2.22. The molecule has 18 heavy (non-hydrogen) atoms. The van der Waals surface area contributed by atoms with Crippen LogP contribution in [-0.4, -0.2) is 29.3 Å². The molecule has 0 saturated carbocycles. The van der Waals surface area contributed by atoms with E-state index in [1.54, 1.807) is 7.11 Å². The second-order valence-corrected chi connectivity index (χ2v) is 5.59. The maximum atomic E-state index is 5.22. The SMILES string of the molecule is COCC(C)n1cc(C)nc1NC(C)CC(C)C. The number of aromatic nitrogens is 2. The summed E-state index contributed by atoms with van der Waals surface area (Å²) >= 11 is 0. The van der Waals surface area contributed by atoms with Crippen molar-refractivity contribution in [1.82, 2.24) is 9.55 Å². The molecule has 0 aliphatic carbocycles. The summed E-state index contributed by atoms with van der Waals surface area (Å²) in [6, 6.07) is 0.727. The highest BCUT2D eigenvalue weighted by Crippen LogP contribution is 2.18. The third-order valence-corrected chi connectivity index (χ3v) is 2.94. The number of rotatable bonds is 7. The highest BCUT2D eigenvalue weighted by molar-refractivity contribution is 5.30. The molecule has 2 atom stereocenters. The Kier molecular flexibility index (Phi) is 5.66. The third-order valence-electron chi connectivity index (χ3n) is 2.94. The number of ether oxygens (including phenoxy) is 1. The van der Waals surface area contributed by atoms with Crippen molar-refractivity contribution in [2.75, 3.05) is 19.0 Å². The van der Waals surface area contributed by atoms with Crippen LogP contribution >= 0.6 is 0 Å². The second kappa shape index (κ2) is 6.78. The van der Waals surface area contributed by atoms with Crippen LogP contribution in [0.5, 0.6) is 0 Å². The largest absolute Gasteiger partial charge is 0.383 e. The number of hydrogen-bond donors (Lipinski definition) is 1. The van der Waals surface area contributed by atoms with Gasteiger partial charge in [0.25, 0.3) is 0 Å². The monoisotopic (exact) mass is 253 g/mol. The average Bonchev–Trinajstić information content (AvgIpc) is 2.58. The van der Waals surface area contributed by atoms with Crippen LogP contribution < -0.4 is 5.32 Å². The molecular weight excluding hydrogens is 226 g/mol. The van der Waals surface area contributed by atoms with Crippen molar-refractivity contribution in [1.29, 1.82) is 0 Å². The minimum atomic E-state index is 0.296. The van der Waals surface area contributed by atoms with Crippen molar-refractivity contribution < 1.29 is 4.74 Å². The molecule has 1 aromatic heterocycles. The molecule has 2 unspecified atom stereocenters. The van der Waals surface area contributed by atoms with Gasteiger partial charge < -0.3 is 14.6 Å². The maximum absolute atomic E-state index is 5.22. The van der Waals surface area contributed by atoms with Crippen LogP contribution in [0, 0.1) is 12.8 Å². The fourth-order valence-corrected chi connectivity index (χ4v) is 2.27. The zero-order chi connectivity index (χ0) is 13.7. The molecule has 0 aliphatic rings. The van der Waals surface area contributed by atoms with Crippen LogP contribution in [0.3, 0.4) is 0 Å². The van der Waals surface area contributed by atoms with Crippen LogP contribution in [-0.2, 0) is 4.74 Å². The Morgan fingerprint density at radius 1 is 1.33 bits per heavy atom. The lowest BCUT2D eigenvalue weighted by atomic mass is 10.1. The smallest absolute Gasteiger partial charge is 0.203 e. The number of methoxy groups -OCH3 is 1. The Hall–Kier alpha value is -1.03. The first-order valence-corrected chi connectivity index (χ1v) is 6.75. The van der Waals surface area contributed by atoms with Gasteiger partial charge in [0.05, 0.1) is 18.3 Å². The highest BCUT2D eigenvalue weighted by atomic mass is 16.5. The van der Waals surface area contributed by atoms with E-state index in [1.807, 2.05) is 6.92 Å². The van der Waals surface area contributed by atoms with Gasteiger partial charge in [0.1, 0.15) is 0 Å². The van der Waals surface area contributed by atoms with E-state index in [-0.39, 0.29) is 0 Å². The summed E-state index contributed by atoms with van der Waals surface area (Å²) in [5, 5.41) is 3.50. The first kappa shape index (κ1) is 15.0. The summed E-state index contributed by atoms with van der Waals surface area (Å²) in [6.45, 7) is 11.5. The minimum Gasteiger partial charge on any atom is -0.383 e. The molecule has 1 N–H and O–H groups in total. The van der Waals surface area contributed by atoms with Crippen molar-refractivity contribution in [2.24, 2.45) is 5.92 Å². The predicted molar refractivity (Wildman–Crippen MR) is 76.1 cm³/mol. The normalized spacial score (nSPS) is 14.8. The fourth-order valence-electron chi connectivity index (χ4n) is 2.27. The lowest BCUT2D eigenvalue weighted by molar-refractivity contribution is 0.163. The number of imidazole rings is 1. The number of anilines is 1. The van der Waals surface area contributed by atoms with Gasteiger partial charge >= 0.3 is 0 Å². The van der Waals surface area contributed by atoms with E-state index in [1.165, 1.54) is 0 Å². The lowest BCUT2D eigenvalue weighted by Gasteiger charge is -2.20. The summed E-state index contributed by atoms with van der Waals surface area (Å²) in [6.07, 6.45) is 3.22. The molecule has 0 amide bonds. The molecule has 0 saturated heterocycles. The highest BCUT2D eigenvalue weighted by Gasteiger charge is 2.14. The van der Waals surface area contributed by atoms with Gasteiger partial charge in [0.15, 0.2) is 0 Å². The van der Waals surface area contributed by atoms with Crippen molar-refractivity contribution in [2.45, 2.75) is 53.1 Å². The maximum Gasteiger partial charge on any atom is 0.203 e. The van der Waals surface area contributed by atoms with E-state index in [0.29, 0.717) is 24.6 Å². The van der Waals surface area contributed by atoms with E-state index in [2.05, 4.69) is 48.8 Å². The van der Waals surface area contributed by atoms with Crippen molar-refractivity contribution in [3.8, 4) is 0 Å². The van der Waals surface area contributed by atoms with Crippen LogP contribution in [0.4, 0.5) is 5.95 Å².